The molecule has 20 heavy (non-hydrogen) atoms. The second-order valence-electron chi connectivity index (χ2n) is 5.56. The fourth-order valence-corrected chi connectivity index (χ4v) is 2.84. The van der Waals surface area contributed by atoms with E-state index in [4.69, 9.17) is 0 Å². The van der Waals surface area contributed by atoms with Gasteiger partial charge in [-0.25, -0.2) is 4.79 Å². The van der Waals surface area contributed by atoms with Crippen LogP contribution in [0.25, 0.3) is 0 Å². The van der Waals surface area contributed by atoms with E-state index in [1.54, 1.807) is 12.1 Å². The molecular weight excluding hydrogens is 258 g/mol. The molecule has 1 heterocycles. The zero-order valence-electron chi connectivity index (χ0n) is 11.9. The number of hydrogen-bond acceptors (Lipinski definition) is 6. The van der Waals surface area contributed by atoms with Crippen molar-refractivity contribution in [2.45, 2.75) is 38.1 Å². The van der Waals surface area contributed by atoms with Crippen LogP contribution in [0.3, 0.4) is 0 Å². The molecule has 1 saturated carbocycles. The molecule has 1 aromatic heterocycles. The highest BCUT2D eigenvalue weighted by Crippen LogP contribution is 2.34. The summed E-state index contributed by atoms with van der Waals surface area (Å²) in [5, 5.41) is 20.8. The summed E-state index contributed by atoms with van der Waals surface area (Å²) in [6.45, 7) is 2.26. The summed E-state index contributed by atoms with van der Waals surface area (Å²) >= 11 is 0. The van der Waals surface area contributed by atoms with E-state index in [-0.39, 0.29) is 17.8 Å². The highest BCUT2D eigenvalue weighted by molar-refractivity contribution is 5.86. The molecule has 0 amide bonds. The zero-order chi connectivity index (χ0) is 14.6. The van der Waals surface area contributed by atoms with Gasteiger partial charge in [0, 0.05) is 0 Å². The van der Waals surface area contributed by atoms with Gasteiger partial charge in [0.2, 0.25) is 0 Å². The van der Waals surface area contributed by atoms with E-state index in [1.165, 1.54) is 13.5 Å². The van der Waals surface area contributed by atoms with E-state index in [0.717, 1.165) is 19.3 Å². The Labute approximate surface area is 118 Å². The van der Waals surface area contributed by atoms with E-state index in [9.17, 15) is 9.90 Å². The number of esters is 1. The number of nitrogens with one attached hydrogen (secondary N) is 1. The Balaban J connectivity index is 2.09. The minimum atomic E-state index is -0.507. The smallest absolute Gasteiger partial charge is 0.358 e. The minimum absolute atomic E-state index is 0.0672. The molecule has 6 heteroatoms. The number of hydrogen-bond donors (Lipinski definition) is 2. The number of carbonyl (C=O) groups is 1. The lowest BCUT2D eigenvalue weighted by molar-refractivity contribution is 0.0592. The molecule has 0 aromatic carbocycles. The zero-order valence-corrected chi connectivity index (χ0v) is 11.9. The van der Waals surface area contributed by atoms with Crippen LogP contribution in [0.4, 0.5) is 5.82 Å². The van der Waals surface area contributed by atoms with Crippen LogP contribution in [0.2, 0.25) is 0 Å². The Kier molecular flexibility index (Phi) is 4.54. The topological polar surface area (TPSA) is 84.3 Å². The molecule has 1 aliphatic rings. The van der Waals surface area contributed by atoms with Crippen molar-refractivity contribution >= 4 is 11.8 Å². The van der Waals surface area contributed by atoms with Crippen LogP contribution >= 0.6 is 0 Å². The van der Waals surface area contributed by atoms with Crippen LogP contribution in [0, 0.1) is 5.92 Å². The number of ether oxygens (including phenoxy) is 1. The number of methoxy groups -OCH3 is 1. The van der Waals surface area contributed by atoms with Crippen LogP contribution in [-0.4, -0.2) is 40.5 Å². The summed E-state index contributed by atoms with van der Waals surface area (Å²) in [6.07, 6.45) is 4.09. The molecule has 2 atom stereocenters. The van der Waals surface area contributed by atoms with E-state index in [0.29, 0.717) is 11.7 Å². The average Bonchev–Trinajstić information content (AvgIpc) is 2.47. The lowest BCUT2D eigenvalue weighted by Gasteiger charge is -2.39. The van der Waals surface area contributed by atoms with Gasteiger partial charge >= 0.3 is 5.97 Å². The van der Waals surface area contributed by atoms with E-state index < -0.39 is 5.97 Å². The first-order valence-electron chi connectivity index (χ1n) is 6.90. The third-order valence-corrected chi connectivity index (χ3v) is 3.85. The molecule has 1 fully saturated rings. The molecule has 0 saturated heterocycles. The van der Waals surface area contributed by atoms with E-state index in [2.05, 4.69) is 27.2 Å². The van der Waals surface area contributed by atoms with Gasteiger partial charge in [0.15, 0.2) is 5.69 Å². The molecule has 1 aliphatic carbocycles. The van der Waals surface area contributed by atoms with Crippen molar-refractivity contribution in [1.82, 2.24) is 10.2 Å². The number of carbonyl (C=O) groups excluding carboxylic acids is 1. The monoisotopic (exact) mass is 279 g/mol. The highest BCUT2D eigenvalue weighted by atomic mass is 16.5. The van der Waals surface area contributed by atoms with Gasteiger partial charge in [-0.1, -0.05) is 19.8 Å². The van der Waals surface area contributed by atoms with Crippen molar-refractivity contribution in [1.29, 1.82) is 0 Å². The van der Waals surface area contributed by atoms with Gasteiger partial charge in [-0.05, 0) is 30.9 Å². The predicted octanol–water partition coefficient (Wildman–Crippen LogP) is 1.62. The first-order chi connectivity index (χ1) is 9.58. The quantitative estimate of drug-likeness (QED) is 0.815. The molecule has 0 bridgehead atoms. The summed E-state index contributed by atoms with van der Waals surface area (Å²) in [5.74, 6) is 0.638. The largest absolute Gasteiger partial charge is 0.464 e. The fourth-order valence-electron chi connectivity index (χ4n) is 2.84. The van der Waals surface area contributed by atoms with Crippen molar-refractivity contribution in [2.24, 2.45) is 5.92 Å². The Morgan fingerprint density at radius 3 is 2.90 bits per heavy atom. The Hall–Kier alpha value is -1.69. The number of rotatable bonds is 4. The van der Waals surface area contributed by atoms with Crippen LogP contribution in [0.1, 0.15) is 43.1 Å². The fraction of sp³-hybridized carbons (Fsp3) is 0.643. The van der Waals surface area contributed by atoms with Gasteiger partial charge in [0.1, 0.15) is 5.82 Å². The molecule has 2 rings (SSSR count). The maximum Gasteiger partial charge on any atom is 0.358 e. The lowest BCUT2D eigenvalue weighted by Crippen LogP contribution is -2.46. The normalized spacial score (nSPS) is 26.1. The van der Waals surface area contributed by atoms with Crippen molar-refractivity contribution in [3.05, 3.63) is 17.8 Å². The molecule has 2 N–H and O–H groups in total. The van der Waals surface area contributed by atoms with Gasteiger partial charge in [-0.2, -0.15) is 0 Å². The summed E-state index contributed by atoms with van der Waals surface area (Å²) < 4.78 is 4.58. The molecular formula is C14H21N3O3. The summed E-state index contributed by atoms with van der Waals surface area (Å²) in [6, 6.07) is 3.26. The maximum atomic E-state index is 11.3. The standard InChI is InChI=1S/C14H21N3O3/c1-10-4-3-7-14(8-10,9-18)15-12-6-5-11(16-17-12)13(19)20-2/h5-6,10,18H,3-4,7-9H2,1-2H3,(H,15,17). The first-order valence-corrected chi connectivity index (χ1v) is 6.90. The number of aliphatic hydroxyl groups is 1. The van der Waals surface area contributed by atoms with Crippen molar-refractivity contribution in [3.63, 3.8) is 0 Å². The molecule has 2 unspecified atom stereocenters. The SMILES string of the molecule is COC(=O)c1ccc(NC2(CO)CCCC(C)C2)nn1. The maximum absolute atomic E-state index is 11.3. The summed E-state index contributed by atoms with van der Waals surface area (Å²) in [7, 11) is 1.31. The third-order valence-electron chi connectivity index (χ3n) is 3.85. The summed E-state index contributed by atoms with van der Waals surface area (Å²) in [5.41, 5.74) is -0.160. The molecule has 0 aliphatic heterocycles. The second kappa shape index (κ2) is 6.17. The van der Waals surface area contributed by atoms with Crippen molar-refractivity contribution in [2.75, 3.05) is 19.0 Å². The molecule has 0 spiro atoms. The van der Waals surface area contributed by atoms with Gasteiger partial charge in [0.05, 0.1) is 19.3 Å². The van der Waals surface area contributed by atoms with Gasteiger partial charge in [0.25, 0.3) is 0 Å². The molecule has 1 aromatic rings. The lowest BCUT2D eigenvalue weighted by atomic mass is 9.77. The van der Waals surface area contributed by atoms with Crippen LogP contribution in [0.5, 0.6) is 0 Å². The van der Waals surface area contributed by atoms with Gasteiger partial charge < -0.3 is 15.2 Å². The second-order valence-corrected chi connectivity index (χ2v) is 5.56. The average molecular weight is 279 g/mol. The van der Waals surface area contributed by atoms with Crippen molar-refractivity contribution < 1.29 is 14.6 Å². The van der Waals surface area contributed by atoms with Crippen molar-refractivity contribution in [3.8, 4) is 0 Å². The van der Waals surface area contributed by atoms with Gasteiger partial charge in [-0.3, -0.25) is 0 Å². The van der Waals surface area contributed by atoms with E-state index in [1.807, 2.05) is 0 Å². The van der Waals surface area contributed by atoms with Crippen LogP contribution in [-0.2, 0) is 4.74 Å². The highest BCUT2D eigenvalue weighted by Gasteiger charge is 2.34. The van der Waals surface area contributed by atoms with Crippen LogP contribution in [0.15, 0.2) is 12.1 Å². The predicted molar refractivity (Wildman–Crippen MR) is 74.4 cm³/mol. The number of aliphatic hydroxyl groups excluding tert-OH is 1. The van der Waals surface area contributed by atoms with Gasteiger partial charge in [-0.15, -0.1) is 10.2 Å². The number of aromatic nitrogens is 2. The Morgan fingerprint density at radius 1 is 1.55 bits per heavy atom. The summed E-state index contributed by atoms with van der Waals surface area (Å²) in [4.78, 5) is 11.3. The molecule has 110 valence electrons. The minimum Gasteiger partial charge on any atom is -0.464 e. The van der Waals surface area contributed by atoms with Crippen LogP contribution < -0.4 is 5.32 Å². The first kappa shape index (κ1) is 14.7. The third kappa shape index (κ3) is 3.25. The molecule has 6 nitrogen and oxygen atoms in total. The van der Waals surface area contributed by atoms with E-state index >= 15 is 0 Å². The Morgan fingerprint density at radius 2 is 2.35 bits per heavy atom. The number of nitrogens with zero attached hydrogens (tertiary/aromatic N) is 2. The Bertz CT molecular complexity index is 463. The molecule has 0 radical (unpaired) electrons. The number of anilines is 1.